The van der Waals surface area contributed by atoms with Crippen molar-refractivity contribution in [3.63, 3.8) is 0 Å². The average Bonchev–Trinajstić information content (AvgIpc) is 2.85. The van der Waals surface area contributed by atoms with E-state index in [2.05, 4.69) is 76.5 Å². The Kier molecular flexibility index (Phi) is 11.9. The standard InChI is InChI=1S/C34H52O6Si2/c1-26(35)34(40-42(12,13)33(5,6)7)22-15-17-27(25-34)39-41(10,11)24-16-19-29-28(18-14-20-30(29)36-8)31(37-9)21-23-38-32(2,3)4/h14-15,17-18,20,27,31H,19,22,25H2,1-13H3/t27-,31?,34+/m1/s1. The van der Waals surface area contributed by atoms with Crippen molar-refractivity contribution in [2.45, 2.75) is 122 Å². The quantitative estimate of drug-likeness (QED) is 0.163. The number of Topliss-reactive ketones (excluding diaryl/α,β-unsaturated/α-hetero) is 1. The summed E-state index contributed by atoms with van der Waals surface area (Å²) in [6.45, 7) is 22.6. The minimum absolute atomic E-state index is 0.00314. The van der Waals surface area contributed by atoms with Crippen LogP contribution in [0.15, 0.2) is 30.4 Å². The number of benzene rings is 1. The van der Waals surface area contributed by atoms with Gasteiger partial charge >= 0.3 is 0 Å². The minimum atomic E-state index is -2.45. The van der Waals surface area contributed by atoms with Gasteiger partial charge in [-0.25, -0.2) is 0 Å². The summed E-state index contributed by atoms with van der Waals surface area (Å²) in [5.41, 5.74) is 4.01. The van der Waals surface area contributed by atoms with Crippen molar-refractivity contribution in [3.05, 3.63) is 41.5 Å². The highest BCUT2D eigenvalue weighted by Gasteiger charge is 2.49. The molecule has 0 N–H and O–H groups in total. The van der Waals surface area contributed by atoms with Crippen LogP contribution in [-0.4, -0.2) is 53.9 Å². The van der Waals surface area contributed by atoms with Crippen molar-refractivity contribution >= 4 is 22.4 Å². The molecule has 6 nitrogen and oxygen atoms in total. The van der Waals surface area contributed by atoms with Gasteiger partial charge in [-0.15, -0.1) is 5.92 Å². The Bertz CT molecular complexity index is 1250. The Morgan fingerprint density at radius 3 is 2.31 bits per heavy atom. The predicted molar refractivity (Wildman–Crippen MR) is 175 cm³/mol. The van der Waals surface area contributed by atoms with Gasteiger partial charge in [0.05, 0.1) is 13.2 Å². The van der Waals surface area contributed by atoms with E-state index in [0.29, 0.717) is 19.3 Å². The van der Waals surface area contributed by atoms with Gasteiger partial charge in [-0.1, -0.05) is 50.6 Å². The zero-order chi connectivity index (χ0) is 32.0. The molecule has 1 aliphatic rings. The molecule has 0 radical (unpaired) electrons. The number of ether oxygens (including phenoxy) is 3. The number of hydrogen-bond acceptors (Lipinski definition) is 6. The molecule has 0 amide bonds. The fourth-order valence-corrected chi connectivity index (χ4v) is 7.60. The van der Waals surface area contributed by atoms with Gasteiger partial charge < -0.3 is 23.1 Å². The van der Waals surface area contributed by atoms with Crippen molar-refractivity contribution in [2.24, 2.45) is 0 Å². The molecule has 0 fully saturated rings. The zero-order valence-corrected chi connectivity index (χ0v) is 30.1. The fraction of sp³-hybridized carbons (Fsp3) is 0.618. The summed E-state index contributed by atoms with van der Waals surface area (Å²) < 4.78 is 30.4. The van der Waals surface area contributed by atoms with Gasteiger partial charge in [0.1, 0.15) is 29.2 Å². The number of ketones is 1. The average molecular weight is 613 g/mol. The van der Waals surface area contributed by atoms with E-state index >= 15 is 0 Å². The largest absolute Gasteiger partial charge is 0.496 e. The highest BCUT2D eigenvalue weighted by atomic mass is 28.4. The summed E-state index contributed by atoms with van der Waals surface area (Å²) in [5, 5.41) is -0.00314. The van der Waals surface area contributed by atoms with Gasteiger partial charge in [-0.2, -0.15) is 0 Å². The lowest BCUT2D eigenvalue weighted by molar-refractivity contribution is -0.135. The second kappa shape index (κ2) is 14.0. The third kappa shape index (κ3) is 9.86. The van der Waals surface area contributed by atoms with E-state index < -0.39 is 28.3 Å². The molecule has 0 saturated carbocycles. The summed E-state index contributed by atoms with van der Waals surface area (Å²) >= 11 is 0. The first-order valence-corrected chi connectivity index (χ1v) is 20.5. The van der Waals surface area contributed by atoms with Crippen LogP contribution >= 0.6 is 0 Å². The molecule has 1 unspecified atom stereocenters. The van der Waals surface area contributed by atoms with E-state index in [0.717, 1.165) is 16.9 Å². The monoisotopic (exact) mass is 612 g/mol. The summed E-state index contributed by atoms with van der Waals surface area (Å²) in [6, 6.07) is 5.82. The Labute approximate surface area is 257 Å². The third-order valence-corrected chi connectivity index (χ3v) is 14.0. The number of rotatable bonds is 9. The van der Waals surface area contributed by atoms with Crippen LogP contribution in [-0.2, 0) is 29.5 Å². The normalized spacial score (nSPS) is 20.1. The second-order valence-electron chi connectivity index (χ2n) is 14.0. The summed E-state index contributed by atoms with van der Waals surface area (Å²) in [4.78, 5) is 13.0. The molecular weight excluding hydrogens is 561 g/mol. The smallest absolute Gasteiger partial charge is 0.266 e. The Balaban J connectivity index is 2.28. The molecule has 0 heterocycles. The number of carbonyl (C=O) groups is 1. The van der Waals surface area contributed by atoms with Gasteiger partial charge in [0.25, 0.3) is 8.32 Å². The molecule has 0 saturated heterocycles. The van der Waals surface area contributed by atoms with Gasteiger partial charge in [-0.05, 0) is 70.9 Å². The first-order chi connectivity index (χ1) is 19.3. The maximum Gasteiger partial charge on any atom is 0.266 e. The van der Waals surface area contributed by atoms with Crippen LogP contribution in [0.3, 0.4) is 0 Å². The predicted octanol–water partition coefficient (Wildman–Crippen LogP) is 7.53. The van der Waals surface area contributed by atoms with Crippen LogP contribution in [0.5, 0.6) is 5.75 Å². The summed E-state index contributed by atoms with van der Waals surface area (Å²) in [6.07, 6.45) is 7.70. The van der Waals surface area contributed by atoms with E-state index in [-0.39, 0.29) is 22.5 Å². The van der Waals surface area contributed by atoms with Gasteiger partial charge in [0.15, 0.2) is 14.1 Å². The molecule has 2 rings (SSSR count). The van der Waals surface area contributed by atoms with E-state index in [4.69, 9.17) is 23.1 Å². The highest BCUT2D eigenvalue weighted by molar-refractivity contribution is 6.79. The van der Waals surface area contributed by atoms with Crippen LogP contribution in [0.25, 0.3) is 0 Å². The van der Waals surface area contributed by atoms with Gasteiger partial charge in [0, 0.05) is 37.5 Å². The molecule has 1 aromatic carbocycles. The molecular formula is C34H52O6Si2. The van der Waals surface area contributed by atoms with Crippen LogP contribution in [0.1, 0.15) is 78.5 Å². The van der Waals surface area contributed by atoms with E-state index in [1.165, 1.54) is 0 Å². The van der Waals surface area contributed by atoms with Gasteiger partial charge in [-0.3, -0.25) is 4.79 Å². The Hall–Kier alpha value is -2.34. The Morgan fingerprint density at radius 2 is 1.76 bits per heavy atom. The summed E-state index contributed by atoms with van der Waals surface area (Å²) in [5.74, 6) is 7.23. The van der Waals surface area contributed by atoms with E-state index in [1.807, 2.05) is 45.0 Å². The molecule has 0 aromatic heterocycles. The lowest BCUT2D eigenvalue weighted by atomic mass is 9.85. The molecule has 3 atom stereocenters. The Morgan fingerprint density at radius 1 is 1.10 bits per heavy atom. The third-order valence-electron chi connectivity index (χ3n) is 7.78. The molecule has 0 bridgehead atoms. The minimum Gasteiger partial charge on any atom is -0.496 e. The van der Waals surface area contributed by atoms with E-state index in [1.54, 1.807) is 21.1 Å². The topological polar surface area (TPSA) is 63.2 Å². The molecule has 8 heteroatoms. The van der Waals surface area contributed by atoms with Crippen LogP contribution in [0.2, 0.25) is 31.2 Å². The molecule has 0 spiro atoms. The highest BCUT2D eigenvalue weighted by Crippen LogP contribution is 2.43. The van der Waals surface area contributed by atoms with Crippen LogP contribution in [0, 0.1) is 23.5 Å². The number of carbonyl (C=O) groups excluding carboxylic acids is 1. The lowest BCUT2D eigenvalue weighted by Crippen LogP contribution is -2.55. The van der Waals surface area contributed by atoms with Crippen molar-refractivity contribution in [1.29, 1.82) is 0 Å². The molecule has 1 aromatic rings. The first kappa shape index (κ1) is 35.9. The zero-order valence-electron chi connectivity index (χ0n) is 28.1. The molecule has 232 valence electrons. The summed E-state index contributed by atoms with van der Waals surface area (Å²) in [7, 11) is -1.36. The maximum atomic E-state index is 13.0. The molecule has 1 aliphatic carbocycles. The maximum absolute atomic E-state index is 13.0. The second-order valence-corrected chi connectivity index (χ2v) is 22.2. The molecule has 42 heavy (non-hydrogen) atoms. The van der Waals surface area contributed by atoms with E-state index in [9.17, 15) is 4.79 Å². The van der Waals surface area contributed by atoms with Gasteiger partial charge in [0.2, 0.25) is 0 Å². The number of hydrogen-bond donors (Lipinski definition) is 0. The van der Waals surface area contributed by atoms with Crippen molar-refractivity contribution < 1.29 is 27.9 Å². The number of methoxy groups -OCH3 is 2. The molecule has 0 aliphatic heterocycles. The lowest BCUT2D eigenvalue weighted by Gasteiger charge is -2.46. The SMILES string of the molecule is COc1cccc(C(C#COC(C)(C)C)OC)c1CC#C[Si](C)(C)O[C@@H]1C=CC[C@@](O[Si](C)(C)C(C)(C)C)(C(C)=O)C1. The van der Waals surface area contributed by atoms with Crippen molar-refractivity contribution in [2.75, 3.05) is 14.2 Å². The van der Waals surface area contributed by atoms with Crippen molar-refractivity contribution in [3.8, 4) is 29.2 Å². The van der Waals surface area contributed by atoms with Crippen LogP contribution < -0.4 is 4.74 Å². The first-order valence-electron chi connectivity index (χ1n) is 14.7. The van der Waals surface area contributed by atoms with Crippen molar-refractivity contribution in [1.82, 2.24) is 0 Å². The van der Waals surface area contributed by atoms with Crippen LogP contribution in [0.4, 0.5) is 0 Å². The fourth-order valence-electron chi connectivity index (χ4n) is 4.51.